The van der Waals surface area contributed by atoms with Crippen LogP contribution in [0.25, 0.3) is 0 Å². The molecule has 1 aliphatic heterocycles. The lowest BCUT2D eigenvalue weighted by molar-refractivity contribution is 0.173. The van der Waals surface area contributed by atoms with Crippen molar-refractivity contribution in [1.29, 1.82) is 0 Å². The standard InChI is InChI=1S/C12H13N2O4P/c1-9-12(10-5-3-2-4-6-10)18-19(15,17-9)14-11-7-8-16-13-11/h2-9,12H,1H3,(H,13,14,15). The summed E-state index contributed by atoms with van der Waals surface area (Å²) in [5.41, 5.74) is 0.926. The summed E-state index contributed by atoms with van der Waals surface area (Å²) in [6, 6.07) is 11.1. The van der Waals surface area contributed by atoms with Gasteiger partial charge in [-0.2, -0.15) is 0 Å². The summed E-state index contributed by atoms with van der Waals surface area (Å²) in [6.07, 6.45) is 0.696. The fourth-order valence-corrected chi connectivity index (χ4v) is 3.66. The van der Waals surface area contributed by atoms with Crippen LogP contribution in [0.15, 0.2) is 47.2 Å². The predicted molar refractivity (Wildman–Crippen MR) is 68.5 cm³/mol. The molecule has 1 aromatic heterocycles. The molecule has 3 rings (SSSR count). The van der Waals surface area contributed by atoms with Gasteiger partial charge >= 0.3 is 7.75 Å². The Kier molecular flexibility index (Phi) is 3.14. The monoisotopic (exact) mass is 280 g/mol. The van der Waals surface area contributed by atoms with Crippen molar-refractivity contribution in [1.82, 2.24) is 5.16 Å². The number of benzene rings is 1. The molecular weight excluding hydrogens is 267 g/mol. The number of aromatic nitrogens is 1. The van der Waals surface area contributed by atoms with E-state index in [2.05, 4.69) is 14.8 Å². The number of hydrogen-bond acceptors (Lipinski definition) is 5. The molecule has 3 unspecified atom stereocenters. The van der Waals surface area contributed by atoms with Crippen LogP contribution >= 0.6 is 7.75 Å². The van der Waals surface area contributed by atoms with Crippen molar-refractivity contribution < 1.29 is 18.1 Å². The van der Waals surface area contributed by atoms with Gasteiger partial charge in [-0.05, 0) is 12.5 Å². The second kappa shape index (κ2) is 4.81. The Labute approximate surface area is 110 Å². The quantitative estimate of drug-likeness (QED) is 0.869. The van der Waals surface area contributed by atoms with Crippen LogP contribution in [0.5, 0.6) is 0 Å². The Hall–Kier alpha value is -1.62. The van der Waals surface area contributed by atoms with Gasteiger partial charge in [0.05, 0.1) is 6.10 Å². The van der Waals surface area contributed by atoms with E-state index in [9.17, 15) is 4.57 Å². The van der Waals surface area contributed by atoms with E-state index in [0.717, 1.165) is 5.56 Å². The maximum absolute atomic E-state index is 12.4. The summed E-state index contributed by atoms with van der Waals surface area (Å²) < 4.78 is 28.1. The van der Waals surface area contributed by atoms with Crippen LogP contribution in [0.1, 0.15) is 18.6 Å². The molecule has 7 heteroatoms. The molecule has 0 radical (unpaired) electrons. The van der Waals surface area contributed by atoms with Crippen molar-refractivity contribution in [3.63, 3.8) is 0 Å². The van der Waals surface area contributed by atoms with Crippen molar-refractivity contribution in [3.05, 3.63) is 48.2 Å². The molecule has 1 aromatic carbocycles. The Morgan fingerprint density at radius 2 is 2.00 bits per heavy atom. The first-order valence-electron chi connectivity index (χ1n) is 5.87. The fraction of sp³-hybridized carbons (Fsp3) is 0.250. The van der Waals surface area contributed by atoms with E-state index in [4.69, 9.17) is 9.05 Å². The van der Waals surface area contributed by atoms with E-state index >= 15 is 0 Å². The highest BCUT2D eigenvalue weighted by atomic mass is 31.2. The second-order valence-electron chi connectivity index (χ2n) is 4.24. The molecule has 0 amide bonds. The molecule has 3 atom stereocenters. The summed E-state index contributed by atoms with van der Waals surface area (Å²) in [5.74, 6) is 0.323. The van der Waals surface area contributed by atoms with Crippen molar-refractivity contribution in [2.75, 3.05) is 5.09 Å². The van der Waals surface area contributed by atoms with E-state index in [0.29, 0.717) is 5.82 Å². The van der Waals surface area contributed by atoms with Gasteiger partial charge in [0.25, 0.3) is 0 Å². The molecule has 1 N–H and O–H groups in total. The smallest absolute Gasteiger partial charge is 0.363 e. The molecule has 1 saturated heterocycles. The lowest BCUT2D eigenvalue weighted by atomic mass is 10.1. The maximum Gasteiger partial charge on any atom is 0.435 e. The van der Waals surface area contributed by atoms with Gasteiger partial charge in [-0.15, -0.1) is 0 Å². The maximum atomic E-state index is 12.4. The van der Waals surface area contributed by atoms with Gasteiger partial charge in [0.2, 0.25) is 0 Å². The summed E-state index contributed by atoms with van der Waals surface area (Å²) in [7, 11) is -3.41. The number of nitrogens with one attached hydrogen (secondary N) is 1. The number of hydrogen-bond donors (Lipinski definition) is 1. The molecule has 2 heterocycles. The van der Waals surface area contributed by atoms with Gasteiger partial charge in [-0.25, -0.2) is 4.57 Å². The van der Waals surface area contributed by atoms with Gasteiger partial charge in [0.1, 0.15) is 12.4 Å². The van der Waals surface area contributed by atoms with Crippen molar-refractivity contribution in [3.8, 4) is 0 Å². The van der Waals surface area contributed by atoms with E-state index in [1.54, 1.807) is 6.07 Å². The minimum absolute atomic E-state index is 0.312. The molecule has 100 valence electrons. The van der Waals surface area contributed by atoms with E-state index in [1.807, 2.05) is 37.3 Å². The highest BCUT2D eigenvalue weighted by Gasteiger charge is 2.43. The van der Waals surface area contributed by atoms with Gasteiger partial charge in [-0.3, -0.25) is 14.1 Å². The summed E-state index contributed by atoms with van der Waals surface area (Å²) in [5, 5.41) is 6.26. The minimum Gasteiger partial charge on any atom is -0.363 e. The van der Waals surface area contributed by atoms with Crippen LogP contribution in [-0.2, 0) is 13.6 Å². The Balaban J connectivity index is 1.79. The topological polar surface area (TPSA) is 73.6 Å². The summed E-state index contributed by atoms with van der Waals surface area (Å²) >= 11 is 0. The zero-order valence-electron chi connectivity index (χ0n) is 10.2. The first kappa shape index (κ1) is 12.4. The van der Waals surface area contributed by atoms with E-state index in [1.165, 1.54) is 6.26 Å². The van der Waals surface area contributed by atoms with Gasteiger partial charge < -0.3 is 4.52 Å². The molecule has 1 fully saturated rings. The Morgan fingerprint density at radius 3 is 2.68 bits per heavy atom. The Morgan fingerprint density at radius 1 is 1.21 bits per heavy atom. The minimum atomic E-state index is -3.41. The van der Waals surface area contributed by atoms with Gasteiger partial charge in [0, 0.05) is 6.07 Å². The third kappa shape index (κ3) is 2.56. The van der Waals surface area contributed by atoms with Crippen LogP contribution in [0, 0.1) is 0 Å². The third-order valence-corrected chi connectivity index (χ3v) is 4.42. The molecule has 0 aliphatic carbocycles. The molecule has 19 heavy (non-hydrogen) atoms. The van der Waals surface area contributed by atoms with Crippen molar-refractivity contribution >= 4 is 13.6 Å². The zero-order chi connectivity index (χ0) is 13.3. The van der Waals surface area contributed by atoms with Crippen LogP contribution in [0.2, 0.25) is 0 Å². The number of nitrogens with zero attached hydrogens (tertiary/aromatic N) is 1. The lowest BCUT2D eigenvalue weighted by Crippen LogP contribution is -2.09. The number of anilines is 1. The van der Waals surface area contributed by atoms with E-state index < -0.39 is 7.75 Å². The van der Waals surface area contributed by atoms with Crippen LogP contribution in [-0.4, -0.2) is 11.3 Å². The summed E-state index contributed by atoms with van der Waals surface area (Å²) in [4.78, 5) is 0. The third-order valence-electron chi connectivity index (χ3n) is 2.80. The normalized spacial score (nSPS) is 30.4. The summed E-state index contributed by atoms with van der Waals surface area (Å²) in [6.45, 7) is 1.82. The Bertz CT molecular complexity index is 587. The highest BCUT2D eigenvalue weighted by Crippen LogP contribution is 2.59. The fourth-order valence-electron chi connectivity index (χ4n) is 1.97. The van der Waals surface area contributed by atoms with Crippen LogP contribution < -0.4 is 5.09 Å². The molecule has 6 nitrogen and oxygen atoms in total. The molecule has 2 aromatic rings. The largest absolute Gasteiger partial charge is 0.435 e. The van der Waals surface area contributed by atoms with E-state index in [-0.39, 0.29) is 12.2 Å². The van der Waals surface area contributed by atoms with Crippen LogP contribution in [0.4, 0.5) is 5.82 Å². The molecular formula is C12H13N2O4P. The highest BCUT2D eigenvalue weighted by molar-refractivity contribution is 7.55. The lowest BCUT2D eigenvalue weighted by Gasteiger charge is -2.12. The van der Waals surface area contributed by atoms with Crippen molar-refractivity contribution in [2.45, 2.75) is 19.1 Å². The second-order valence-corrected chi connectivity index (χ2v) is 5.88. The SMILES string of the molecule is CC1OP(=O)(Nc2ccon2)OC1c1ccccc1. The van der Waals surface area contributed by atoms with Crippen LogP contribution in [0.3, 0.4) is 0 Å². The average Bonchev–Trinajstić information content (AvgIpc) is 2.99. The molecule has 1 aliphatic rings. The van der Waals surface area contributed by atoms with Crippen molar-refractivity contribution in [2.24, 2.45) is 0 Å². The van der Waals surface area contributed by atoms with Gasteiger partial charge in [0.15, 0.2) is 5.82 Å². The predicted octanol–water partition coefficient (Wildman–Crippen LogP) is 3.37. The number of rotatable bonds is 3. The molecule has 0 spiro atoms. The zero-order valence-corrected chi connectivity index (χ0v) is 11.1. The average molecular weight is 280 g/mol. The first-order valence-corrected chi connectivity index (χ1v) is 7.41. The molecule has 0 bridgehead atoms. The van der Waals surface area contributed by atoms with Gasteiger partial charge in [-0.1, -0.05) is 35.5 Å². The first-order chi connectivity index (χ1) is 9.16. The molecule has 0 saturated carbocycles.